The number of aromatic nitrogens is 2. The normalized spacial score (nSPS) is 14.8. The Hall–Kier alpha value is -4.93. The summed E-state index contributed by atoms with van der Waals surface area (Å²) in [4.78, 5) is 52.6. The van der Waals surface area contributed by atoms with Crippen molar-refractivity contribution in [1.29, 1.82) is 0 Å². The van der Waals surface area contributed by atoms with E-state index in [0.29, 0.717) is 58.7 Å². The molecule has 0 bridgehead atoms. The third-order valence-corrected chi connectivity index (χ3v) is 9.56. The average molecular weight is 707 g/mol. The van der Waals surface area contributed by atoms with Gasteiger partial charge in [0, 0.05) is 52.4 Å². The van der Waals surface area contributed by atoms with Crippen molar-refractivity contribution >= 4 is 73.6 Å². The Balaban J connectivity index is 0.000000199. The quantitative estimate of drug-likeness (QED) is 0.179. The van der Waals surface area contributed by atoms with E-state index < -0.39 is 5.60 Å². The number of nitrogen functional groups attached to an aromatic ring is 2. The first-order chi connectivity index (χ1) is 23.5. The summed E-state index contributed by atoms with van der Waals surface area (Å²) in [6, 6.07) is 14.3. The number of benzene rings is 2. The third-order valence-electron chi connectivity index (χ3n) is 7.44. The number of ether oxygens (including phenoxy) is 1. The molecule has 0 saturated carbocycles. The predicted molar refractivity (Wildman–Crippen MR) is 197 cm³/mol. The van der Waals surface area contributed by atoms with Crippen LogP contribution in [0.4, 0.5) is 37.8 Å². The van der Waals surface area contributed by atoms with Gasteiger partial charge in [0.15, 0.2) is 10.3 Å². The number of nitrogens with two attached hydrogens (primary N) is 2. The number of piperazine rings is 2. The van der Waals surface area contributed by atoms with Gasteiger partial charge in [-0.15, -0.1) is 0 Å². The molecule has 2 saturated heterocycles. The molecule has 0 atom stereocenters. The lowest BCUT2D eigenvalue weighted by Crippen LogP contribution is -2.50. The van der Waals surface area contributed by atoms with Crippen LogP contribution in [-0.2, 0) is 4.74 Å². The zero-order valence-electron chi connectivity index (χ0n) is 27.8. The van der Waals surface area contributed by atoms with E-state index in [9.17, 15) is 14.4 Å². The minimum absolute atomic E-state index is 0.174. The molecule has 2 aromatic carbocycles. The van der Waals surface area contributed by atoms with Gasteiger partial charge in [0.2, 0.25) is 0 Å². The molecule has 4 heterocycles. The first-order valence-corrected chi connectivity index (χ1v) is 17.5. The zero-order valence-corrected chi connectivity index (χ0v) is 29.4. The summed E-state index contributed by atoms with van der Waals surface area (Å²) in [7, 11) is 0. The van der Waals surface area contributed by atoms with Gasteiger partial charge >= 0.3 is 6.09 Å². The van der Waals surface area contributed by atoms with Crippen molar-refractivity contribution in [2.45, 2.75) is 26.4 Å². The fourth-order valence-electron chi connectivity index (χ4n) is 4.88. The maximum atomic E-state index is 12.5. The second-order valence-electron chi connectivity index (χ2n) is 12.3. The van der Waals surface area contributed by atoms with E-state index in [-0.39, 0.29) is 17.9 Å². The van der Waals surface area contributed by atoms with Crippen molar-refractivity contribution in [3.63, 3.8) is 0 Å². The number of rotatable bonds is 6. The van der Waals surface area contributed by atoms with Gasteiger partial charge in [-0.05, 0) is 45.0 Å². The molecule has 0 spiro atoms. The van der Waals surface area contributed by atoms with Crippen molar-refractivity contribution in [2.75, 3.05) is 84.3 Å². The van der Waals surface area contributed by atoms with E-state index >= 15 is 0 Å². The number of anilines is 6. The van der Waals surface area contributed by atoms with Crippen molar-refractivity contribution in [3.05, 3.63) is 70.7 Å². The van der Waals surface area contributed by atoms with Crippen LogP contribution in [0, 0.1) is 0 Å². The lowest BCUT2D eigenvalue weighted by molar-refractivity contribution is 0.0240. The minimum Gasteiger partial charge on any atom is -0.444 e. The highest BCUT2D eigenvalue weighted by molar-refractivity contribution is 7.17. The van der Waals surface area contributed by atoms with Crippen LogP contribution in [0.2, 0.25) is 0 Å². The first kappa shape index (κ1) is 35.4. The molecule has 0 unspecified atom stereocenters. The Morgan fingerprint density at radius 1 is 0.735 bits per heavy atom. The highest BCUT2D eigenvalue weighted by Crippen LogP contribution is 2.27. The number of amides is 3. The zero-order chi connectivity index (χ0) is 35.0. The van der Waals surface area contributed by atoms with Gasteiger partial charge < -0.3 is 46.9 Å². The standard InChI is InChI=1S/C19H25N5O3S.C14H17N5OS/c1-19(2,3)27-18(26)24-10-8-23(9-11-24)17-21-12-15(28-17)16(25)22-14-7-5-4-6-13(14)20;15-10-3-1-2-4-11(10)18-13(20)12-9-17-14(21-12)19-7-5-16-6-8-19/h4-7,12H,8-11,20H2,1-3H3,(H,22,25);1-4,9,16H,5-8,15H2,(H,18,20). The van der Waals surface area contributed by atoms with Gasteiger partial charge in [-0.2, -0.15) is 0 Å². The van der Waals surface area contributed by atoms with Crippen LogP contribution in [0.5, 0.6) is 0 Å². The summed E-state index contributed by atoms with van der Waals surface area (Å²) in [6.07, 6.45) is 2.89. The van der Waals surface area contributed by atoms with Gasteiger partial charge in [-0.3, -0.25) is 9.59 Å². The Kier molecular flexibility index (Phi) is 11.5. The molecular formula is C33H42N10O4S2. The molecule has 7 N–H and O–H groups in total. The van der Waals surface area contributed by atoms with Crippen LogP contribution in [-0.4, -0.2) is 90.7 Å². The van der Waals surface area contributed by atoms with Crippen LogP contribution in [0.1, 0.15) is 40.1 Å². The lowest BCUT2D eigenvalue weighted by Gasteiger charge is -2.35. The van der Waals surface area contributed by atoms with E-state index in [1.165, 1.54) is 22.7 Å². The molecule has 2 aliphatic heterocycles. The van der Waals surface area contributed by atoms with Gasteiger partial charge in [0.25, 0.3) is 11.8 Å². The number of hydrogen-bond donors (Lipinski definition) is 5. The third kappa shape index (κ3) is 9.81. The Morgan fingerprint density at radius 2 is 1.18 bits per heavy atom. The van der Waals surface area contributed by atoms with Crippen LogP contribution >= 0.6 is 22.7 Å². The molecule has 16 heteroatoms. The van der Waals surface area contributed by atoms with E-state index in [1.54, 1.807) is 41.6 Å². The number of carbonyl (C=O) groups excluding carboxylic acids is 3. The number of thiazole rings is 2. The number of carbonyl (C=O) groups is 3. The molecule has 0 radical (unpaired) electrons. The largest absolute Gasteiger partial charge is 0.444 e. The maximum Gasteiger partial charge on any atom is 0.410 e. The summed E-state index contributed by atoms with van der Waals surface area (Å²) in [6.45, 7) is 11.7. The fraction of sp³-hybridized carbons (Fsp3) is 0.364. The van der Waals surface area contributed by atoms with Gasteiger partial charge in [0.1, 0.15) is 15.4 Å². The Bertz CT molecular complexity index is 1740. The molecule has 3 amide bonds. The van der Waals surface area contributed by atoms with E-state index in [4.69, 9.17) is 16.2 Å². The molecule has 6 rings (SSSR count). The molecule has 2 aliphatic rings. The topological polar surface area (TPSA) is 184 Å². The van der Waals surface area contributed by atoms with Crippen molar-refractivity contribution in [1.82, 2.24) is 20.2 Å². The van der Waals surface area contributed by atoms with E-state index in [1.807, 2.05) is 45.0 Å². The smallest absolute Gasteiger partial charge is 0.410 e. The summed E-state index contributed by atoms with van der Waals surface area (Å²) in [5, 5.41) is 10.6. The first-order valence-electron chi connectivity index (χ1n) is 15.9. The number of para-hydroxylation sites is 4. The summed E-state index contributed by atoms with van der Waals surface area (Å²) >= 11 is 2.73. The van der Waals surface area contributed by atoms with Gasteiger partial charge in [-0.1, -0.05) is 46.9 Å². The Labute approximate surface area is 293 Å². The van der Waals surface area contributed by atoms with Gasteiger partial charge in [0.05, 0.1) is 35.1 Å². The predicted octanol–water partition coefficient (Wildman–Crippen LogP) is 4.42. The number of hydrogen-bond acceptors (Lipinski definition) is 13. The van der Waals surface area contributed by atoms with Crippen molar-refractivity contribution < 1.29 is 19.1 Å². The van der Waals surface area contributed by atoms with Crippen molar-refractivity contribution in [2.24, 2.45) is 0 Å². The highest BCUT2D eigenvalue weighted by atomic mass is 32.1. The minimum atomic E-state index is -0.506. The fourth-order valence-corrected chi connectivity index (χ4v) is 6.61. The molecule has 14 nitrogen and oxygen atoms in total. The van der Waals surface area contributed by atoms with Crippen molar-refractivity contribution in [3.8, 4) is 0 Å². The Morgan fingerprint density at radius 3 is 1.63 bits per heavy atom. The summed E-state index contributed by atoms with van der Waals surface area (Å²) < 4.78 is 5.41. The molecule has 0 aliphatic carbocycles. The average Bonchev–Trinajstić information content (AvgIpc) is 3.79. The second-order valence-corrected chi connectivity index (χ2v) is 14.3. The summed E-state index contributed by atoms with van der Waals surface area (Å²) in [5.74, 6) is -0.416. The second kappa shape index (κ2) is 16.0. The molecule has 260 valence electrons. The van der Waals surface area contributed by atoms with Crippen LogP contribution in [0.25, 0.3) is 0 Å². The lowest BCUT2D eigenvalue weighted by atomic mass is 10.2. The number of nitrogens with one attached hydrogen (secondary N) is 3. The van der Waals surface area contributed by atoms with E-state index in [0.717, 1.165) is 36.4 Å². The molecule has 2 aromatic heterocycles. The summed E-state index contributed by atoms with van der Waals surface area (Å²) in [5.41, 5.74) is 13.5. The number of nitrogens with zero attached hydrogens (tertiary/aromatic N) is 5. The van der Waals surface area contributed by atoms with Crippen LogP contribution < -0.4 is 37.2 Å². The molecule has 4 aromatic rings. The monoisotopic (exact) mass is 706 g/mol. The molecular weight excluding hydrogens is 665 g/mol. The SMILES string of the molecule is CC(C)(C)OC(=O)N1CCN(c2ncc(C(=O)Nc3ccccc3N)s2)CC1.Nc1ccccc1NC(=O)c1cnc(N2CCNCC2)s1. The highest BCUT2D eigenvalue weighted by Gasteiger charge is 2.27. The maximum absolute atomic E-state index is 12.5. The van der Waals surface area contributed by atoms with E-state index in [2.05, 4.69) is 35.7 Å². The van der Waals surface area contributed by atoms with Gasteiger partial charge in [-0.25, -0.2) is 14.8 Å². The molecule has 49 heavy (non-hydrogen) atoms. The van der Waals surface area contributed by atoms with Crippen LogP contribution in [0.3, 0.4) is 0 Å². The van der Waals surface area contributed by atoms with Crippen LogP contribution in [0.15, 0.2) is 60.9 Å². The molecule has 2 fully saturated rings.